The highest BCUT2D eigenvalue weighted by atomic mass is 32.1. The monoisotopic (exact) mass is 953 g/mol. The lowest BCUT2D eigenvalue weighted by Gasteiger charge is -2.54. The van der Waals surface area contributed by atoms with Crippen molar-refractivity contribution < 1.29 is 4.74 Å². The van der Waals surface area contributed by atoms with Crippen molar-refractivity contribution in [1.29, 1.82) is 5.26 Å². The van der Waals surface area contributed by atoms with E-state index < -0.39 is 0 Å². The molecule has 4 aliphatic carbocycles. The van der Waals surface area contributed by atoms with E-state index in [2.05, 4.69) is 202 Å². The van der Waals surface area contributed by atoms with E-state index in [-0.39, 0.29) is 36.4 Å². The summed E-state index contributed by atoms with van der Waals surface area (Å²) in [5.41, 5.74) is 13.3. The van der Waals surface area contributed by atoms with Crippen LogP contribution in [0.1, 0.15) is 77.7 Å². The first-order valence-electron chi connectivity index (χ1n) is 25.3. The lowest BCUT2D eigenvalue weighted by atomic mass is 9.84. The smallest absolute Gasteiger partial charge is 0.123 e. The molecule has 71 heavy (non-hydrogen) atoms. The molecule has 6 aromatic carbocycles. The van der Waals surface area contributed by atoms with Gasteiger partial charge in [0, 0.05) is 104 Å². The molecule has 7 unspecified atom stereocenters. The van der Waals surface area contributed by atoms with Crippen molar-refractivity contribution >= 4 is 91.4 Å². The zero-order chi connectivity index (χ0) is 46.5. The van der Waals surface area contributed by atoms with E-state index >= 15 is 0 Å². The molecule has 7 aliphatic rings. The van der Waals surface area contributed by atoms with Gasteiger partial charge in [-0.2, -0.15) is 5.26 Å². The molecule has 342 valence electrons. The average Bonchev–Trinajstić information content (AvgIpc) is 4.23. The lowest BCUT2D eigenvalue weighted by molar-refractivity contribution is 0.204. The molecule has 6 heterocycles. The highest BCUT2D eigenvalue weighted by Crippen LogP contribution is 2.56. The number of allylic oxidation sites excluding steroid dienone is 7. The maximum absolute atomic E-state index is 11.6. The van der Waals surface area contributed by atoms with Gasteiger partial charge in [-0.15, -0.1) is 22.7 Å². The summed E-state index contributed by atoms with van der Waals surface area (Å²) >= 11 is 3.84. The Kier molecular flexibility index (Phi) is 8.69. The van der Waals surface area contributed by atoms with E-state index in [9.17, 15) is 5.26 Å². The average molecular weight is 954 g/mol. The number of nitriles is 1. The van der Waals surface area contributed by atoms with Crippen LogP contribution in [0.5, 0.6) is 5.75 Å². The lowest BCUT2D eigenvalue weighted by Crippen LogP contribution is -2.65. The molecule has 0 saturated carbocycles. The molecule has 0 bridgehead atoms. The number of thiophene rings is 2. The molecule has 1 fully saturated rings. The van der Waals surface area contributed by atoms with E-state index in [0.717, 1.165) is 48.4 Å². The van der Waals surface area contributed by atoms with Crippen LogP contribution < -0.4 is 19.9 Å². The molecule has 3 aromatic heterocycles. The summed E-state index contributed by atoms with van der Waals surface area (Å²) in [7, 11) is 0. The fourth-order valence-corrected chi connectivity index (χ4v) is 16.3. The summed E-state index contributed by atoms with van der Waals surface area (Å²) in [6.45, 7) is 0. The molecule has 8 heteroatoms. The van der Waals surface area contributed by atoms with E-state index in [1.165, 1.54) is 90.5 Å². The molecule has 0 amide bonds. The normalized spacial score (nSPS) is 24.8. The molecule has 6 nitrogen and oxygen atoms in total. The van der Waals surface area contributed by atoms with Crippen LogP contribution >= 0.6 is 22.7 Å². The van der Waals surface area contributed by atoms with Gasteiger partial charge < -0.3 is 19.1 Å². The number of benzene rings is 6. The minimum absolute atomic E-state index is 0.0446. The Bertz CT molecular complexity index is 4020. The van der Waals surface area contributed by atoms with Crippen molar-refractivity contribution in [1.82, 2.24) is 9.88 Å². The summed E-state index contributed by atoms with van der Waals surface area (Å²) < 4.78 is 14.6. The van der Waals surface area contributed by atoms with E-state index in [1.807, 2.05) is 22.7 Å². The Morgan fingerprint density at radius 2 is 1.51 bits per heavy atom. The van der Waals surface area contributed by atoms with E-state index in [1.54, 1.807) is 0 Å². The number of nitrogens with one attached hydrogen (secondary N) is 1. The highest BCUT2D eigenvalue weighted by molar-refractivity contribution is 7.27. The van der Waals surface area contributed by atoms with Crippen LogP contribution in [0.2, 0.25) is 0 Å². The second-order valence-electron chi connectivity index (χ2n) is 20.3. The van der Waals surface area contributed by atoms with Gasteiger partial charge in [0.1, 0.15) is 30.3 Å². The number of aromatic nitrogens is 1. The van der Waals surface area contributed by atoms with Crippen molar-refractivity contribution in [3.8, 4) is 11.8 Å². The van der Waals surface area contributed by atoms with Crippen LogP contribution in [0.3, 0.4) is 0 Å². The van der Waals surface area contributed by atoms with Gasteiger partial charge in [0.15, 0.2) is 0 Å². The van der Waals surface area contributed by atoms with Crippen LogP contribution in [0.4, 0.5) is 11.4 Å². The quantitative estimate of drug-likeness (QED) is 0.174. The second kappa shape index (κ2) is 15.3. The number of rotatable bonds is 5. The van der Waals surface area contributed by atoms with Crippen LogP contribution in [0, 0.1) is 11.3 Å². The Morgan fingerprint density at radius 1 is 0.732 bits per heavy atom. The van der Waals surface area contributed by atoms with E-state index in [4.69, 9.17) is 4.74 Å². The standard InChI is InChI=1S/C63H47N5OS2/c64-35-37-33-47(63-65-62(66(63)38-14-2-1-3-15-38)36-26-31-55-46(32-36)39-16-6-11-23-54(39)69-55)53(68-49-22-10-5-20-45(49)59-51(68)30-28-43-41-18-8-13-25-57(41)71-61(43)59)34-52(37)67-48-21-9-4-19-44(48)58-50(67)29-27-42-40-17-7-12-24-56(40)70-60(42)58/h1-4,6-15,17-19,21-22,24-33,39,44,48,53-54,62-63,65H,5,16,20,23,34H2. The molecule has 7 atom stereocenters. The predicted octanol–water partition coefficient (Wildman–Crippen LogP) is 15.4. The first-order valence-corrected chi connectivity index (χ1v) is 26.9. The van der Waals surface area contributed by atoms with Gasteiger partial charge in [-0.1, -0.05) is 115 Å². The molecular formula is C63H47N5OS2. The van der Waals surface area contributed by atoms with Gasteiger partial charge in [-0.05, 0) is 96.6 Å². The maximum Gasteiger partial charge on any atom is 0.123 e. The number of aryl methyl sites for hydroxylation is 1. The SMILES string of the molecule is N#CC1=C(N2c3ccc4c(sc5ccccc54)c3C3C=CC=CC32)CC(n2c3c(c4c5sc6ccccc6c5ccc42)CCC=C3)C(C2NC(c3ccc4c(c3)C3CC=CCC3O4)N2c2ccccc2)=C1. The number of para-hydroxylation sites is 1. The summed E-state index contributed by atoms with van der Waals surface area (Å²) in [6, 6.07) is 47.7. The number of nitrogens with zero attached hydrogens (tertiary/aromatic N) is 4. The van der Waals surface area contributed by atoms with Crippen molar-refractivity contribution in [2.45, 2.75) is 74.5 Å². The first-order chi connectivity index (χ1) is 35.2. The molecule has 9 aromatic rings. The minimum Gasteiger partial charge on any atom is -0.489 e. The zero-order valence-electron chi connectivity index (χ0n) is 38.8. The van der Waals surface area contributed by atoms with Crippen LogP contribution in [-0.4, -0.2) is 22.9 Å². The molecule has 0 radical (unpaired) electrons. The minimum atomic E-state index is -0.185. The Morgan fingerprint density at radius 3 is 2.37 bits per heavy atom. The third-order valence-corrected chi connectivity index (χ3v) is 19.2. The van der Waals surface area contributed by atoms with Gasteiger partial charge in [-0.25, -0.2) is 0 Å². The Hall–Kier alpha value is -7.41. The van der Waals surface area contributed by atoms with Gasteiger partial charge in [-0.3, -0.25) is 5.32 Å². The van der Waals surface area contributed by atoms with Crippen LogP contribution in [-0.2, 0) is 6.42 Å². The van der Waals surface area contributed by atoms with Gasteiger partial charge in [0.2, 0.25) is 0 Å². The van der Waals surface area contributed by atoms with Crippen molar-refractivity contribution in [2.75, 3.05) is 9.80 Å². The highest BCUT2D eigenvalue weighted by Gasteiger charge is 2.48. The number of anilines is 2. The van der Waals surface area contributed by atoms with Crippen LogP contribution in [0.25, 0.3) is 57.3 Å². The van der Waals surface area contributed by atoms with Crippen LogP contribution in [0.15, 0.2) is 187 Å². The summed E-state index contributed by atoms with van der Waals surface area (Å²) in [5.74, 6) is 1.55. The summed E-state index contributed by atoms with van der Waals surface area (Å²) in [6.07, 6.45) is 25.4. The Balaban J connectivity index is 0.910. The van der Waals surface area contributed by atoms with Crippen molar-refractivity contribution in [3.05, 3.63) is 215 Å². The van der Waals surface area contributed by atoms with Crippen molar-refractivity contribution in [3.63, 3.8) is 0 Å². The number of ether oxygens (including phenoxy) is 1. The topological polar surface area (TPSA) is 56.5 Å². The maximum atomic E-state index is 11.6. The molecule has 1 saturated heterocycles. The number of hydrogen-bond donors (Lipinski definition) is 1. The van der Waals surface area contributed by atoms with Crippen molar-refractivity contribution in [2.24, 2.45) is 0 Å². The van der Waals surface area contributed by atoms with E-state index in [0.29, 0.717) is 12.3 Å². The zero-order valence-corrected chi connectivity index (χ0v) is 40.5. The number of fused-ring (bicyclic) bond motifs is 17. The van der Waals surface area contributed by atoms with Gasteiger partial charge in [0.05, 0.1) is 23.2 Å². The second-order valence-corrected chi connectivity index (χ2v) is 22.4. The molecule has 16 rings (SSSR count). The summed E-state index contributed by atoms with van der Waals surface area (Å²) in [5, 5.41) is 22.5. The first kappa shape index (κ1) is 40.3. The third kappa shape index (κ3) is 5.71. The third-order valence-electron chi connectivity index (χ3n) is 16.8. The molecule has 1 N–H and O–H groups in total. The molecule has 0 spiro atoms. The predicted molar refractivity (Wildman–Crippen MR) is 294 cm³/mol. The summed E-state index contributed by atoms with van der Waals surface area (Å²) in [4.78, 5) is 5.13. The fourth-order valence-electron chi connectivity index (χ4n) is 13.7. The largest absolute Gasteiger partial charge is 0.489 e. The number of hydrogen-bond acceptors (Lipinski definition) is 7. The molecule has 3 aliphatic heterocycles. The fraction of sp³-hybridized carbons (Fsp3) is 0.190. The van der Waals surface area contributed by atoms with Gasteiger partial charge >= 0.3 is 0 Å². The molecular weight excluding hydrogens is 907 g/mol. The van der Waals surface area contributed by atoms with Gasteiger partial charge in [0.25, 0.3) is 0 Å². The Labute approximate surface area is 419 Å².